The zero-order chi connectivity index (χ0) is 19.4. The summed E-state index contributed by atoms with van der Waals surface area (Å²) in [6, 6.07) is 27.7. The lowest BCUT2D eigenvalue weighted by Gasteiger charge is -2.44. The van der Waals surface area contributed by atoms with Gasteiger partial charge in [0, 0.05) is 11.4 Å². The molecule has 2 atom stereocenters. The quantitative estimate of drug-likeness (QED) is 0.710. The van der Waals surface area contributed by atoms with E-state index in [0.29, 0.717) is 6.42 Å². The molecule has 1 amide bonds. The number of ketones is 1. The highest BCUT2D eigenvalue weighted by Gasteiger charge is 2.72. The number of amides is 1. The minimum Gasteiger partial charge on any atom is -0.321 e. The molecule has 1 N–H and O–H groups in total. The molecule has 138 valence electrons. The molecule has 1 fully saturated rings. The summed E-state index contributed by atoms with van der Waals surface area (Å²) in [5.41, 5.74) is 1.70. The average molecular weight is 368 g/mol. The zero-order valence-electron chi connectivity index (χ0n) is 15.6. The van der Waals surface area contributed by atoms with E-state index >= 15 is 0 Å². The topological polar surface area (TPSA) is 49.4 Å². The number of carbonyl (C=O) groups is 2. The third-order valence-corrected chi connectivity index (χ3v) is 6.18. The van der Waals surface area contributed by atoms with Crippen molar-refractivity contribution in [1.29, 1.82) is 0 Å². The molecular formula is C24H20N2O2. The first-order valence-corrected chi connectivity index (χ1v) is 9.54. The Labute approximate surface area is 163 Å². The van der Waals surface area contributed by atoms with Crippen LogP contribution in [0.1, 0.15) is 24.5 Å². The number of hydrogen-bond acceptors (Lipinski definition) is 3. The molecule has 0 unspecified atom stereocenters. The summed E-state index contributed by atoms with van der Waals surface area (Å²) in [7, 11) is 0. The Kier molecular flexibility index (Phi) is 3.47. The van der Waals surface area contributed by atoms with Crippen molar-refractivity contribution in [3.05, 3.63) is 96.1 Å². The number of anilines is 2. The highest BCUT2D eigenvalue weighted by atomic mass is 16.2. The lowest BCUT2D eigenvalue weighted by atomic mass is 9.67. The Hall–Kier alpha value is -3.40. The number of nitrogens with one attached hydrogen (secondary N) is 1. The Balaban J connectivity index is 1.94. The van der Waals surface area contributed by atoms with Gasteiger partial charge >= 0.3 is 0 Å². The second-order valence-electron chi connectivity index (χ2n) is 7.31. The largest absolute Gasteiger partial charge is 0.321 e. The normalized spacial score (nSPS) is 25.4. The first-order valence-electron chi connectivity index (χ1n) is 9.54. The molecule has 5 rings (SSSR count). The van der Waals surface area contributed by atoms with Crippen molar-refractivity contribution >= 4 is 23.1 Å². The monoisotopic (exact) mass is 368 g/mol. The average Bonchev–Trinajstić information content (AvgIpc) is 3.14. The number of nitrogens with zero attached hydrogens (tertiary/aromatic N) is 1. The minimum atomic E-state index is -0.998. The fraction of sp³-hybridized carbons (Fsp3) is 0.167. The van der Waals surface area contributed by atoms with Gasteiger partial charge in [-0.3, -0.25) is 9.59 Å². The second-order valence-corrected chi connectivity index (χ2v) is 7.31. The smallest absolute Gasteiger partial charge is 0.290 e. The summed E-state index contributed by atoms with van der Waals surface area (Å²) in [6.07, 6.45) is 0.514. The van der Waals surface area contributed by atoms with Gasteiger partial charge in [0.15, 0.2) is 5.66 Å². The van der Waals surface area contributed by atoms with Crippen molar-refractivity contribution < 1.29 is 9.59 Å². The Morgan fingerprint density at radius 1 is 0.821 bits per heavy atom. The molecule has 2 aliphatic heterocycles. The molecule has 2 aliphatic rings. The Morgan fingerprint density at radius 3 is 2.11 bits per heavy atom. The summed E-state index contributed by atoms with van der Waals surface area (Å²) in [5.74, 6) is -0.897. The van der Waals surface area contributed by atoms with E-state index in [1.807, 2.05) is 91.9 Å². The van der Waals surface area contributed by atoms with E-state index in [1.165, 1.54) is 0 Å². The summed E-state index contributed by atoms with van der Waals surface area (Å²) >= 11 is 0. The van der Waals surface area contributed by atoms with E-state index in [4.69, 9.17) is 0 Å². The van der Waals surface area contributed by atoms with Crippen molar-refractivity contribution in [1.82, 2.24) is 5.32 Å². The van der Waals surface area contributed by atoms with Gasteiger partial charge in [-0.1, -0.05) is 73.7 Å². The van der Waals surface area contributed by atoms with E-state index in [2.05, 4.69) is 10.2 Å². The van der Waals surface area contributed by atoms with Crippen molar-refractivity contribution in [2.75, 3.05) is 4.90 Å². The molecule has 0 saturated carbocycles. The SMILES string of the molecule is CC[C@@]12C(=O)C(=O)N[C@@]1(c1ccccc1)N(c1ccccc1)c1ccccc12. The maximum Gasteiger partial charge on any atom is 0.290 e. The molecule has 3 aromatic rings. The lowest BCUT2D eigenvalue weighted by Crippen LogP contribution is -2.58. The van der Waals surface area contributed by atoms with Crippen molar-refractivity contribution in [3.63, 3.8) is 0 Å². The van der Waals surface area contributed by atoms with Crippen LogP contribution in [0.25, 0.3) is 0 Å². The summed E-state index contributed by atoms with van der Waals surface area (Å²) in [5, 5.41) is 3.12. The predicted octanol–water partition coefficient (Wildman–Crippen LogP) is 4.04. The van der Waals surface area contributed by atoms with E-state index in [1.54, 1.807) is 0 Å². The molecule has 1 saturated heterocycles. The molecule has 28 heavy (non-hydrogen) atoms. The van der Waals surface area contributed by atoms with Crippen LogP contribution < -0.4 is 10.2 Å². The van der Waals surface area contributed by atoms with Gasteiger partial charge in [0.1, 0.15) is 5.41 Å². The first-order chi connectivity index (χ1) is 13.7. The third kappa shape index (κ3) is 1.80. The number of fused-ring (bicyclic) bond motifs is 3. The van der Waals surface area contributed by atoms with Crippen LogP contribution in [0.4, 0.5) is 11.4 Å². The van der Waals surface area contributed by atoms with Gasteiger partial charge in [-0.25, -0.2) is 0 Å². The fourth-order valence-corrected chi connectivity index (χ4v) is 5.10. The fourth-order valence-electron chi connectivity index (χ4n) is 5.10. The molecule has 0 bridgehead atoms. The van der Waals surface area contributed by atoms with Gasteiger partial charge in [0.05, 0.1) is 0 Å². The highest BCUT2D eigenvalue weighted by Crippen LogP contribution is 2.62. The van der Waals surface area contributed by atoms with Crippen LogP contribution >= 0.6 is 0 Å². The summed E-state index contributed by atoms with van der Waals surface area (Å²) < 4.78 is 0. The van der Waals surface area contributed by atoms with Crippen LogP contribution in [-0.4, -0.2) is 11.7 Å². The number of benzene rings is 3. The number of carbonyl (C=O) groups excluding carboxylic acids is 2. The van der Waals surface area contributed by atoms with Gasteiger partial charge in [0.25, 0.3) is 5.91 Å². The molecule has 0 aliphatic carbocycles. The van der Waals surface area contributed by atoms with Crippen LogP contribution in [0, 0.1) is 0 Å². The van der Waals surface area contributed by atoms with Crippen molar-refractivity contribution in [3.8, 4) is 0 Å². The van der Waals surface area contributed by atoms with Gasteiger partial charge in [0.2, 0.25) is 5.78 Å². The van der Waals surface area contributed by atoms with Crippen LogP contribution in [0.15, 0.2) is 84.9 Å². The second kappa shape index (κ2) is 5.80. The summed E-state index contributed by atoms with van der Waals surface area (Å²) in [6.45, 7) is 1.99. The standard InChI is InChI=1S/C24H20N2O2/c1-2-23-19-15-9-10-16-20(19)26(18-13-7-4-8-14-18)24(23,25-22(28)21(23)27)17-11-5-3-6-12-17/h3-16H,2H2,1H3,(H,25,28)/t23-,24+/m1/s1. The van der Waals surface area contributed by atoms with Crippen molar-refractivity contribution in [2.45, 2.75) is 24.4 Å². The van der Waals surface area contributed by atoms with Gasteiger partial charge in [-0.15, -0.1) is 0 Å². The molecule has 2 heterocycles. The van der Waals surface area contributed by atoms with E-state index < -0.39 is 17.0 Å². The first kappa shape index (κ1) is 16.8. The van der Waals surface area contributed by atoms with Gasteiger partial charge in [-0.05, 0) is 35.7 Å². The predicted molar refractivity (Wildman–Crippen MR) is 108 cm³/mol. The number of rotatable bonds is 3. The molecule has 0 spiro atoms. The number of hydrogen-bond donors (Lipinski definition) is 1. The van der Waals surface area contributed by atoms with Crippen LogP contribution in [0.3, 0.4) is 0 Å². The molecule has 4 nitrogen and oxygen atoms in total. The van der Waals surface area contributed by atoms with Crippen molar-refractivity contribution in [2.24, 2.45) is 0 Å². The molecular weight excluding hydrogens is 348 g/mol. The number of para-hydroxylation sites is 2. The zero-order valence-corrected chi connectivity index (χ0v) is 15.6. The summed E-state index contributed by atoms with van der Waals surface area (Å²) in [4.78, 5) is 28.4. The third-order valence-electron chi connectivity index (χ3n) is 6.18. The molecule has 0 radical (unpaired) electrons. The van der Waals surface area contributed by atoms with E-state index in [9.17, 15) is 9.59 Å². The maximum atomic E-state index is 13.4. The molecule has 3 aromatic carbocycles. The van der Waals surface area contributed by atoms with Gasteiger partial charge < -0.3 is 10.2 Å². The van der Waals surface area contributed by atoms with Crippen LogP contribution in [0.2, 0.25) is 0 Å². The number of Topliss-reactive ketones (excluding diaryl/α,β-unsaturated/α-hetero) is 1. The van der Waals surface area contributed by atoms with Gasteiger partial charge in [-0.2, -0.15) is 0 Å². The maximum absolute atomic E-state index is 13.4. The van der Waals surface area contributed by atoms with Crippen LogP contribution in [0.5, 0.6) is 0 Å². The molecule has 0 aromatic heterocycles. The van der Waals surface area contributed by atoms with Crippen LogP contribution in [-0.2, 0) is 20.7 Å². The molecule has 4 heteroatoms. The lowest BCUT2D eigenvalue weighted by molar-refractivity contribution is -0.137. The Bertz CT molecular complexity index is 1080. The van der Waals surface area contributed by atoms with E-state index in [0.717, 1.165) is 22.5 Å². The van der Waals surface area contributed by atoms with E-state index in [-0.39, 0.29) is 5.78 Å². The Morgan fingerprint density at radius 2 is 1.43 bits per heavy atom. The highest BCUT2D eigenvalue weighted by molar-refractivity contribution is 6.43. The minimum absolute atomic E-state index is 0.371.